The first kappa shape index (κ1) is 23.1. The minimum Gasteiger partial charge on any atom is -0.336 e. The molecule has 0 saturated carbocycles. The lowest BCUT2D eigenvalue weighted by Gasteiger charge is -2.49. The Morgan fingerprint density at radius 1 is 1.13 bits per heavy atom. The molecule has 7 heteroatoms. The number of amides is 1. The molecule has 6 nitrogen and oxygen atoms in total. The van der Waals surface area contributed by atoms with Crippen LogP contribution >= 0.6 is 0 Å². The number of sulfonamides is 1. The topological polar surface area (TPSA) is 69.7 Å². The molecule has 2 heterocycles. The van der Waals surface area contributed by atoms with Crippen molar-refractivity contribution in [3.05, 3.63) is 29.8 Å². The highest BCUT2D eigenvalue weighted by molar-refractivity contribution is 7.93. The van der Waals surface area contributed by atoms with Crippen molar-refractivity contribution in [2.75, 3.05) is 23.1 Å². The molecule has 2 fully saturated rings. The molecular weight excluding hydrogens is 398 g/mol. The number of carbonyl (C=O) groups is 1. The smallest absolute Gasteiger partial charge is 0.254 e. The Morgan fingerprint density at radius 3 is 2.23 bits per heavy atom. The van der Waals surface area contributed by atoms with Crippen molar-refractivity contribution in [2.45, 2.75) is 83.8 Å². The molecule has 2 aliphatic heterocycles. The second-order valence-corrected chi connectivity index (χ2v) is 12.1. The number of carbonyl (C=O) groups excluding carboxylic acids is 1. The zero-order chi connectivity index (χ0) is 22.2. The number of piperidine rings is 1. The van der Waals surface area contributed by atoms with E-state index in [2.05, 4.69) is 44.8 Å². The predicted molar refractivity (Wildman–Crippen MR) is 122 cm³/mol. The Balaban J connectivity index is 1.83. The summed E-state index contributed by atoms with van der Waals surface area (Å²) in [6, 6.07) is 7.27. The summed E-state index contributed by atoms with van der Waals surface area (Å²) < 4.78 is 25.8. The van der Waals surface area contributed by atoms with Crippen LogP contribution in [0.4, 0.5) is 5.69 Å². The molecule has 0 aliphatic carbocycles. The van der Waals surface area contributed by atoms with Gasteiger partial charge >= 0.3 is 0 Å². The third kappa shape index (κ3) is 5.17. The zero-order valence-corrected chi connectivity index (χ0v) is 19.9. The third-order valence-corrected chi connectivity index (χ3v) is 7.99. The van der Waals surface area contributed by atoms with Gasteiger partial charge in [-0.25, -0.2) is 8.42 Å². The van der Waals surface area contributed by atoms with E-state index in [-0.39, 0.29) is 28.8 Å². The van der Waals surface area contributed by atoms with Crippen LogP contribution < -0.4 is 9.62 Å². The molecule has 168 valence electrons. The molecule has 0 aromatic heterocycles. The number of hydrogen-bond donors (Lipinski definition) is 1. The molecule has 0 bridgehead atoms. The lowest BCUT2D eigenvalue weighted by atomic mass is 9.78. The highest BCUT2D eigenvalue weighted by atomic mass is 32.2. The van der Waals surface area contributed by atoms with Crippen LogP contribution in [0.1, 0.15) is 77.1 Å². The van der Waals surface area contributed by atoms with Gasteiger partial charge in [0.15, 0.2) is 0 Å². The highest BCUT2D eigenvalue weighted by Crippen LogP contribution is 2.33. The van der Waals surface area contributed by atoms with Crippen LogP contribution in [-0.2, 0) is 10.0 Å². The molecule has 1 N–H and O–H groups in total. The van der Waals surface area contributed by atoms with Gasteiger partial charge in [-0.1, -0.05) is 13.3 Å². The first-order valence-electron chi connectivity index (χ1n) is 11.1. The van der Waals surface area contributed by atoms with Gasteiger partial charge in [-0.05, 0) is 77.6 Å². The van der Waals surface area contributed by atoms with E-state index in [9.17, 15) is 13.2 Å². The summed E-state index contributed by atoms with van der Waals surface area (Å²) in [4.78, 5) is 15.6. The maximum atomic E-state index is 13.5. The van der Waals surface area contributed by atoms with Gasteiger partial charge in [-0.3, -0.25) is 9.10 Å². The number of rotatable bonds is 6. The third-order valence-electron chi connectivity index (χ3n) is 6.12. The van der Waals surface area contributed by atoms with E-state index in [4.69, 9.17) is 0 Å². The minimum atomic E-state index is -3.21. The van der Waals surface area contributed by atoms with Crippen molar-refractivity contribution in [3.63, 3.8) is 0 Å². The minimum absolute atomic E-state index is 0.0366. The Labute approximate surface area is 182 Å². The van der Waals surface area contributed by atoms with Crippen molar-refractivity contribution in [2.24, 2.45) is 0 Å². The molecule has 0 radical (unpaired) electrons. The normalized spacial score (nSPS) is 22.8. The van der Waals surface area contributed by atoms with Gasteiger partial charge in [0.25, 0.3) is 5.91 Å². The second kappa shape index (κ2) is 8.50. The number of benzene rings is 1. The van der Waals surface area contributed by atoms with Crippen LogP contribution in [0, 0.1) is 0 Å². The van der Waals surface area contributed by atoms with E-state index < -0.39 is 10.0 Å². The average molecular weight is 436 g/mol. The van der Waals surface area contributed by atoms with Gasteiger partial charge in [0, 0.05) is 35.8 Å². The van der Waals surface area contributed by atoms with Crippen LogP contribution in [0.5, 0.6) is 0 Å². The van der Waals surface area contributed by atoms with Gasteiger partial charge in [0.2, 0.25) is 10.0 Å². The van der Waals surface area contributed by atoms with Crippen molar-refractivity contribution >= 4 is 21.6 Å². The van der Waals surface area contributed by atoms with Gasteiger partial charge in [-0.15, -0.1) is 0 Å². The first-order valence-corrected chi connectivity index (χ1v) is 12.8. The lowest BCUT2D eigenvalue weighted by molar-refractivity contribution is 0.0441. The van der Waals surface area contributed by atoms with Crippen LogP contribution in [-0.4, -0.2) is 55.2 Å². The second-order valence-electron chi connectivity index (χ2n) is 10.1. The zero-order valence-electron chi connectivity index (χ0n) is 19.1. The molecule has 0 atom stereocenters. The molecule has 1 aromatic rings. The quantitative estimate of drug-likeness (QED) is 0.738. The summed E-state index contributed by atoms with van der Waals surface area (Å²) in [6.45, 7) is 12.2. The van der Waals surface area contributed by atoms with Crippen molar-refractivity contribution in [1.29, 1.82) is 0 Å². The van der Waals surface area contributed by atoms with E-state index in [1.54, 1.807) is 24.3 Å². The molecule has 1 amide bonds. The maximum absolute atomic E-state index is 13.5. The van der Waals surface area contributed by atoms with E-state index >= 15 is 0 Å². The van der Waals surface area contributed by atoms with Gasteiger partial charge in [0.05, 0.1) is 11.4 Å². The Bertz CT molecular complexity index is 846. The van der Waals surface area contributed by atoms with Crippen LogP contribution in [0.3, 0.4) is 0 Å². The van der Waals surface area contributed by atoms with E-state index in [0.717, 1.165) is 32.2 Å². The van der Waals surface area contributed by atoms with Crippen LogP contribution in [0.2, 0.25) is 0 Å². The largest absolute Gasteiger partial charge is 0.336 e. The maximum Gasteiger partial charge on any atom is 0.254 e. The standard InChI is InChI=1S/C23H37N3O3S/c1-6-7-13-25(20-16-22(2,3)24-23(4,5)17-20)21(27)18-9-11-19(12-10-18)26-14-8-15-30(26,28)29/h9-12,20,24H,6-8,13-17H2,1-5H3. The van der Waals surface area contributed by atoms with E-state index in [0.29, 0.717) is 24.2 Å². The Kier molecular flexibility index (Phi) is 6.54. The number of unbranched alkanes of at least 4 members (excludes halogenated alkanes) is 1. The van der Waals surface area contributed by atoms with Gasteiger partial charge in [0.1, 0.15) is 0 Å². The lowest BCUT2D eigenvalue weighted by Crippen LogP contribution is -2.62. The van der Waals surface area contributed by atoms with Crippen molar-refractivity contribution in [1.82, 2.24) is 10.2 Å². The van der Waals surface area contributed by atoms with Gasteiger partial charge in [-0.2, -0.15) is 0 Å². The first-order chi connectivity index (χ1) is 13.9. The summed E-state index contributed by atoms with van der Waals surface area (Å²) in [7, 11) is -3.21. The number of nitrogens with zero attached hydrogens (tertiary/aromatic N) is 2. The summed E-state index contributed by atoms with van der Waals surface area (Å²) in [5, 5.41) is 3.70. The van der Waals surface area contributed by atoms with Crippen LogP contribution in [0.15, 0.2) is 24.3 Å². The summed E-state index contributed by atoms with van der Waals surface area (Å²) in [6.07, 6.45) is 4.48. The Morgan fingerprint density at radius 2 is 1.73 bits per heavy atom. The monoisotopic (exact) mass is 435 g/mol. The number of anilines is 1. The molecule has 0 unspecified atom stereocenters. The van der Waals surface area contributed by atoms with E-state index in [1.807, 2.05) is 0 Å². The summed E-state index contributed by atoms with van der Waals surface area (Å²) >= 11 is 0. The fraction of sp³-hybridized carbons (Fsp3) is 0.696. The predicted octanol–water partition coefficient (Wildman–Crippen LogP) is 3.78. The van der Waals surface area contributed by atoms with E-state index in [1.165, 1.54) is 4.31 Å². The number of hydrogen-bond acceptors (Lipinski definition) is 4. The Hall–Kier alpha value is -1.60. The molecule has 3 rings (SSSR count). The fourth-order valence-corrected chi connectivity index (χ4v) is 6.70. The average Bonchev–Trinajstić information content (AvgIpc) is 2.98. The molecule has 30 heavy (non-hydrogen) atoms. The summed E-state index contributed by atoms with van der Waals surface area (Å²) in [5.74, 6) is 0.234. The molecular formula is C23H37N3O3S. The van der Waals surface area contributed by atoms with Gasteiger partial charge < -0.3 is 10.2 Å². The highest BCUT2D eigenvalue weighted by Gasteiger charge is 2.41. The molecule has 2 saturated heterocycles. The molecule has 2 aliphatic rings. The number of nitrogens with one attached hydrogen (secondary N) is 1. The van der Waals surface area contributed by atoms with Crippen molar-refractivity contribution in [3.8, 4) is 0 Å². The van der Waals surface area contributed by atoms with Crippen LogP contribution in [0.25, 0.3) is 0 Å². The summed E-state index contributed by atoms with van der Waals surface area (Å²) in [5.41, 5.74) is 1.20. The molecule has 1 aromatic carbocycles. The SMILES string of the molecule is CCCCN(C(=O)c1ccc(N2CCCS2(=O)=O)cc1)C1CC(C)(C)NC(C)(C)C1. The van der Waals surface area contributed by atoms with Crippen molar-refractivity contribution < 1.29 is 13.2 Å². The fourth-order valence-electron chi connectivity index (χ4n) is 5.13. The molecule has 0 spiro atoms.